The summed E-state index contributed by atoms with van der Waals surface area (Å²) in [6, 6.07) is 3.88. The number of carbonyl (C=O) groups excluding carboxylic acids is 2. The lowest BCUT2D eigenvalue weighted by Gasteiger charge is -2.31. The third kappa shape index (κ3) is 5.34. The number of rotatable bonds is 4. The third-order valence-electron chi connectivity index (χ3n) is 5.30. The minimum Gasteiger partial charge on any atom is -0.450 e. The molecule has 1 aromatic heterocycles. The smallest absolute Gasteiger partial charge is 0.409 e. The number of carbonyl (C=O) groups is 2. The van der Waals surface area contributed by atoms with Crippen LogP contribution in [0.3, 0.4) is 0 Å². The molecule has 0 aliphatic carbocycles. The van der Waals surface area contributed by atoms with Crippen LogP contribution in [0.5, 0.6) is 0 Å². The highest BCUT2D eigenvalue weighted by atomic mass is 16.6. The number of aromatic nitrogens is 1. The first-order valence-corrected chi connectivity index (χ1v) is 10.1. The Hall–Kier alpha value is -2.31. The number of nitrogens with one attached hydrogen (secondary N) is 1. The molecule has 3 heterocycles. The number of hydrogen-bond acceptors (Lipinski definition) is 5. The molecular formula is C20H30N4O3. The summed E-state index contributed by atoms with van der Waals surface area (Å²) >= 11 is 0. The predicted molar refractivity (Wildman–Crippen MR) is 104 cm³/mol. The first-order valence-electron chi connectivity index (χ1n) is 10.1. The van der Waals surface area contributed by atoms with Gasteiger partial charge in [-0.15, -0.1) is 0 Å². The van der Waals surface area contributed by atoms with Crippen LogP contribution < -0.4 is 10.2 Å². The van der Waals surface area contributed by atoms with Gasteiger partial charge in [-0.3, -0.25) is 4.79 Å². The molecular weight excluding hydrogens is 344 g/mol. The Labute approximate surface area is 161 Å². The zero-order valence-electron chi connectivity index (χ0n) is 16.2. The maximum atomic E-state index is 12.5. The topological polar surface area (TPSA) is 74.8 Å². The van der Waals surface area contributed by atoms with Crippen LogP contribution in [-0.4, -0.2) is 60.7 Å². The van der Waals surface area contributed by atoms with Crippen molar-refractivity contribution in [1.29, 1.82) is 0 Å². The van der Waals surface area contributed by atoms with Gasteiger partial charge < -0.3 is 19.9 Å². The molecule has 3 rings (SSSR count). The summed E-state index contributed by atoms with van der Waals surface area (Å²) in [5.74, 6) is 0.857. The lowest BCUT2D eigenvalue weighted by Crippen LogP contribution is -2.46. The predicted octanol–water partition coefficient (Wildman–Crippen LogP) is 2.81. The molecule has 27 heavy (non-hydrogen) atoms. The summed E-state index contributed by atoms with van der Waals surface area (Å²) in [7, 11) is 0. The quantitative estimate of drug-likeness (QED) is 0.877. The summed E-state index contributed by atoms with van der Waals surface area (Å²) in [5, 5.41) is 3.06. The molecule has 7 heteroatoms. The summed E-state index contributed by atoms with van der Waals surface area (Å²) in [4.78, 5) is 32.8. The summed E-state index contributed by atoms with van der Waals surface area (Å²) in [6.07, 6.45) is 7.85. The van der Waals surface area contributed by atoms with Crippen molar-refractivity contribution in [3.8, 4) is 0 Å². The lowest BCUT2D eigenvalue weighted by molar-refractivity contribution is 0.0860. The molecule has 0 bridgehead atoms. The minimum absolute atomic E-state index is 0.0773. The molecule has 2 aliphatic rings. The standard InChI is InChI=1S/C20H30N4O3/c1-2-27-20(26)24-13-9-17(10-14-24)22-19(25)16-7-8-18(21-15-16)23-11-5-3-4-6-12-23/h7-8,15,17H,2-6,9-14H2,1H3,(H,22,25). The zero-order valence-corrected chi connectivity index (χ0v) is 16.2. The van der Waals surface area contributed by atoms with Crippen molar-refractivity contribution >= 4 is 17.8 Å². The van der Waals surface area contributed by atoms with E-state index in [4.69, 9.17) is 4.74 Å². The molecule has 1 N–H and O–H groups in total. The fourth-order valence-electron chi connectivity index (χ4n) is 3.70. The number of pyridine rings is 1. The first-order chi connectivity index (χ1) is 13.2. The third-order valence-corrected chi connectivity index (χ3v) is 5.30. The number of ether oxygens (including phenoxy) is 1. The van der Waals surface area contributed by atoms with E-state index in [1.807, 2.05) is 12.1 Å². The molecule has 0 spiro atoms. The first kappa shape index (κ1) is 19.5. The molecule has 2 fully saturated rings. The Morgan fingerprint density at radius 3 is 2.41 bits per heavy atom. The second-order valence-corrected chi connectivity index (χ2v) is 7.24. The molecule has 2 aliphatic heterocycles. The van der Waals surface area contributed by atoms with E-state index in [1.54, 1.807) is 18.0 Å². The van der Waals surface area contributed by atoms with E-state index < -0.39 is 0 Å². The number of likely N-dealkylation sites (tertiary alicyclic amines) is 1. The maximum absolute atomic E-state index is 12.5. The van der Waals surface area contributed by atoms with E-state index in [-0.39, 0.29) is 18.0 Å². The average molecular weight is 374 g/mol. The van der Waals surface area contributed by atoms with Crippen LogP contribution in [0.2, 0.25) is 0 Å². The van der Waals surface area contributed by atoms with Crippen molar-refractivity contribution < 1.29 is 14.3 Å². The molecule has 0 saturated carbocycles. The Morgan fingerprint density at radius 1 is 1.11 bits per heavy atom. The van der Waals surface area contributed by atoms with Gasteiger partial charge in [0.1, 0.15) is 5.82 Å². The van der Waals surface area contributed by atoms with Crippen LogP contribution in [0.15, 0.2) is 18.3 Å². The van der Waals surface area contributed by atoms with Crippen molar-refractivity contribution in [3.05, 3.63) is 23.9 Å². The van der Waals surface area contributed by atoms with Gasteiger partial charge in [-0.05, 0) is 44.7 Å². The Bertz CT molecular complexity index is 619. The molecule has 0 unspecified atom stereocenters. The monoisotopic (exact) mass is 374 g/mol. The van der Waals surface area contributed by atoms with Gasteiger partial charge in [0.05, 0.1) is 12.2 Å². The SMILES string of the molecule is CCOC(=O)N1CCC(NC(=O)c2ccc(N3CCCCCC3)nc2)CC1. The van der Waals surface area contributed by atoms with Crippen LogP contribution in [0.25, 0.3) is 0 Å². The number of piperidine rings is 1. The van der Waals surface area contributed by atoms with Crippen LogP contribution >= 0.6 is 0 Å². The van der Waals surface area contributed by atoms with E-state index in [2.05, 4.69) is 15.2 Å². The van der Waals surface area contributed by atoms with E-state index in [0.717, 1.165) is 31.7 Å². The Morgan fingerprint density at radius 2 is 1.81 bits per heavy atom. The molecule has 0 aromatic carbocycles. The maximum Gasteiger partial charge on any atom is 0.409 e. The molecule has 7 nitrogen and oxygen atoms in total. The summed E-state index contributed by atoms with van der Waals surface area (Å²) < 4.78 is 5.02. The molecule has 0 radical (unpaired) electrons. The van der Waals surface area contributed by atoms with Crippen molar-refractivity contribution in [2.45, 2.75) is 51.5 Å². The van der Waals surface area contributed by atoms with Crippen molar-refractivity contribution in [2.24, 2.45) is 0 Å². The van der Waals surface area contributed by atoms with Gasteiger partial charge in [0.25, 0.3) is 5.91 Å². The van der Waals surface area contributed by atoms with Crippen LogP contribution in [-0.2, 0) is 4.74 Å². The van der Waals surface area contributed by atoms with Crippen molar-refractivity contribution in [1.82, 2.24) is 15.2 Å². The average Bonchev–Trinajstić information content (AvgIpc) is 2.98. The Kier molecular flexibility index (Phi) is 6.90. The van der Waals surface area contributed by atoms with Crippen LogP contribution in [0.4, 0.5) is 10.6 Å². The van der Waals surface area contributed by atoms with Crippen molar-refractivity contribution in [2.75, 3.05) is 37.7 Å². The van der Waals surface area contributed by atoms with Crippen LogP contribution in [0, 0.1) is 0 Å². The van der Waals surface area contributed by atoms with Gasteiger partial charge in [0, 0.05) is 38.4 Å². The lowest BCUT2D eigenvalue weighted by atomic mass is 10.0. The second kappa shape index (κ2) is 9.58. The summed E-state index contributed by atoms with van der Waals surface area (Å²) in [6.45, 7) is 5.48. The number of amides is 2. The molecule has 1 aromatic rings. The number of nitrogens with zero attached hydrogens (tertiary/aromatic N) is 3. The highest BCUT2D eigenvalue weighted by Crippen LogP contribution is 2.18. The van der Waals surface area contributed by atoms with E-state index >= 15 is 0 Å². The largest absolute Gasteiger partial charge is 0.450 e. The zero-order chi connectivity index (χ0) is 19.1. The Balaban J connectivity index is 1.49. The number of anilines is 1. The highest BCUT2D eigenvalue weighted by Gasteiger charge is 2.25. The molecule has 0 atom stereocenters. The molecule has 2 saturated heterocycles. The van der Waals surface area contributed by atoms with E-state index in [1.165, 1.54) is 25.7 Å². The minimum atomic E-state index is -0.268. The van der Waals surface area contributed by atoms with Gasteiger partial charge in [-0.1, -0.05) is 12.8 Å². The second-order valence-electron chi connectivity index (χ2n) is 7.24. The summed E-state index contributed by atoms with van der Waals surface area (Å²) in [5.41, 5.74) is 0.585. The number of hydrogen-bond donors (Lipinski definition) is 1. The fraction of sp³-hybridized carbons (Fsp3) is 0.650. The van der Waals surface area contributed by atoms with E-state index in [9.17, 15) is 9.59 Å². The van der Waals surface area contributed by atoms with Gasteiger partial charge in [-0.2, -0.15) is 0 Å². The van der Waals surface area contributed by atoms with Crippen molar-refractivity contribution in [3.63, 3.8) is 0 Å². The molecule has 148 valence electrons. The van der Waals surface area contributed by atoms with Gasteiger partial charge in [-0.25, -0.2) is 9.78 Å². The van der Waals surface area contributed by atoms with Gasteiger partial charge >= 0.3 is 6.09 Å². The molecule has 2 amide bonds. The van der Waals surface area contributed by atoms with Crippen LogP contribution in [0.1, 0.15) is 55.8 Å². The van der Waals surface area contributed by atoms with Gasteiger partial charge in [0.2, 0.25) is 0 Å². The fourth-order valence-corrected chi connectivity index (χ4v) is 3.70. The van der Waals surface area contributed by atoms with Gasteiger partial charge in [0.15, 0.2) is 0 Å². The highest BCUT2D eigenvalue weighted by molar-refractivity contribution is 5.94. The normalized spacial score (nSPS) is 18.7. The van der Waals surface area contributed by atoms with E-state index in [0.29, 0.717) is 25.3 Å².